The summed E-state index contributed by atoms with van der Waals surface area (Å²) >= 11 is 0. The highest BCUT2D eigenvalue weighted by atomic mass is 19.1. The van der Waals surface area contributed by atoms with Gasteiger partial charge in [0.05, 0.1) is 12.8 Å². The first kappa shape index (κ1) is 20.3. The summed E-state index contributed by atoms with van der Waals surface area (Å²) in [5, 5.41) is 7.12. The van der Waals surface area contributed by atoms with E-state index in [0.29, 0.717) is 24.2 Å². The molecule has 3 aromatic rings. The van der Waals surface area contributed by atoms with Gasteiger partial charge in [0.25, 0.3) is 5.56 Å². The zero-order chi connectivity index (χ0) is 20.8. The summed E-state index contributed by atoms with van der Waals surface area (Å²) in [6.07, 6.45) is 0.653. The van der Waals surface area contributed by atoms with Crippen LogP contribution in [0.3, 0.4) is 0 Å². The SMILES string of the molecule is COc1ccc(CCNC(=O)C(C)n2nc(-c3ccc(F)cc3)ccc2=O)cc1. The van der Waals surface area contributed by atoms with Crippen molar-refractivity contribution in [2.45, 2.75) is 19.4 Å². The van der Waals surface area contributed by atoms with Gasteiger partial charge in [0.2, 0.25) is 5.91 Å². The Kier molecular flexibility index (Phi) is 6.39. The van der Waals surface area contributed by atoms with E-state index in [9.17, 15) is 14.0 Å². The fraction of sp³-hybridized carbons (Fsp3) is 0.227. The molecule has 3 rings (SSSR count). The van der Waals surface area contributed by atoms with E-state index in [1.165, 1.54) is 18.2 Å². The van der Waals surface area contributed by atoms with Crippen molar-refractivity contribution in [3.8, 4) is 17.0 Å². The van der Waals surface area contributed by atoms with Crippen molar-refractivity contribution in [2.24, 2.45) is 0 Å². The van der Waals surface area contributed by atoms with Crippen LogP contribution in [0.15, 0.2) is 65.5 Å². The highest BCUT2D eigenvalue weighted by molar-refractivity contribution is 5.79. The molecule has 29 heavy (non-hydrogen) atoms. The smallest absolute Gasteiger partial charge is 0.267 e. The first-order valence-electron chi connectivity index (χ1n) is 9.24. The Morgan fingerprint density at radius 1 is 1.10 bits per heavy atom. The second-order valence-corrected chi connectivity index (χ2v) is 6.57. The Hall–Kier alpha value is -3.48. The number of rotatable bonds is 7. The van der Waals surface area contributed by atoms with Gasteiger partial charge >= 0.3 is 0 Å². The van der Waals surface area contributed by atoms with Crippen molar-refractivity contribution in [3.63, 3.8) is 0 Å². The van der Waals surface area contributed by atoms with Crippen molar-refractivity contribution in [1.29, 1.82) is 0 Å². The van der Waals surface area contributed by atoms with Gasteiger partial charge in [0.1, 0.15) is 17.6 Å². The predicted octanol–water partition coefficient (Wildman–Crippen LogP) is 2.98. The first-order chi connectivity index (χ1) is 14.0. The van der Waals surface area contributed by atoms with Crippen molar-refractivity contribution in [2.75, 3.05) is 13.7 Å². The van der Waals surface area contributed by atoms with E-state index in [0.717, 1.165) is 16.0 Å². The Balaban J connectivity index is 1.66. The van der Waals surface area contributed by atoms with Gasteiger partial charge in [0.15, 0.2) is 0 Å². The van der Waals surface area contributed by atoms with Gasteiger partial charge in [0, 0.05) is 18.2 Å². The van der Waals surface area contributed by atoms with Crippen LogP contribution in [-0.4, -0.2) is 29.3 Å². The van der Waals surface area contributed by atoms with E-state index in [2.05, 4.69) is 10.4 Å². The topological polar surface area (TPSA) is 73.2 Å². The molecule has 1 heterocycles. The van der Waals surface area contributed by atoms with Crippen LogP contribution >= 0.6 is 0 Å². The van der Waals surface area contributed by atoms with E-state index in [1.807, 2.05) is 24.3 Å². The number of carbonyl (C=O) groups is 1. The molecule has 0 radical (unpaired) electrons. The Morgan fingerprint density at radius 3 is 2.45 bits per heavy atom. The summed E-state index contributed by atoms with van der Waals surface area (Å²) in [7, 11) is 1.61. The number of amides is 1. The summed E-state index contributed by atoms with van der Waals surface area (Å²) in [5.41, 5.74) is 1.83. The van der Waals surface area contributed by atoms with E-state index in [4.69, 9.17) is 4.74 Å². The first-order valence-corrected chi connectivity index (χ1v) is 9.24. The summed E-state index contributed by atoms with van der Waals surface area (Å²) in [4.78, 5) is 24.7. The maximum absolute atomic E-state index is 13.1. The summed E-state index contributed by atoms with van der Waals surface area (Å²) in [6, 6.07) is 15.5. The lowest BCUT2D eigenvalue weighted by Crippen LogP contribution is -2.37. The minimum Gasteiger partial charge on any atom is -0.497 e. The van der Waals surface area contributed by atoms with Crippen LogP contribution in [0.1, 0.15) is 18.5 Å². The molecule has 2 aromatic carbocycles. The average molecular weight is 395 g/mol. The predicted molar refractivity (Wildman–Crippen MR) is 108 cm³/mol. The summed E-state index contributed by atoms with van der Waals surface area (Å²) in [6.45, 7) is 2.05. The number of nitrogens with one attached hydrogen (secondary N) is 1. The maximum Gasteiger partial charge on any atom is 0.267 e. The van der Waals surface area contributed by atoms with Crippen LogP contribution in [0.4, 0.5) is 4.39 Å². The number of carbonyl (C=O) groups excluding carboxylic acids is 1. The minimum absolute atomic E-state index is 0.302. The average Bonchev–Trinajstić information content (AvgIpc) is 2.74. The van der Waals surface area contributed by atoms with Crippen LogP contribution in [0.5, 0.6) is 5.75 Å². The highest BCUT2D eigenvalue weighted by Gasteiger charge is 2.17. The summed E-state index contributed by atoms with van der Waals surface area (Å²) in [5.74, 6) is 0.119. The molecular weight excluding hydrogens is 373 g/mol. The van der Waals surface area contributed by atoms with E-state index >= 15 is 0 Å². The van der Waals surface area contributed by atoms with Gasteiger partial charge in [-0.3, -0.25) is 9.59 Å². The molecule has 0 saturated heterocycles. The minimum atomic E-state index is -0.779. The fourth-order valence-corrected chi connectivity index (χ4v) is 2.86. The van der Waals surface area contributed by atoms with E-state index in [1.54, 1.807) is 32.2 Å². The van der Waals surface area contributed by atoms with Crippen molar-refractivity contribution in [3.05, 3.63) is 82.4 Å². The van der Waals surface area contributed by atoms with Gasteiger partial charge in [-0.25, -0.2) is 9.07 Å². The fourth-order valence-electron chi connectivity index (χ4n) is 2.86. The van der Waals surface area contributed by atoms with Gasteiger partial charge in [-0.2, -0.15) is 5.10 Å². The van der Waals surface area contributed by atoms with Crippen molar-refractivity contribution in [1.82, 2.24) is 15.1 Å². The Morgan fingerprint density at radius 2 is 1.79 bits per heavy atom. The Labute approximate surface area is 168 Å². The molecule has 1 atom stereocenters. The third-order valence-corrected chi connectivity index (χ3v) is 4.58. The molecule has 0 fully saturated rings. The van der Waals surface area contributed by atoms with Crippen LogP contribution in [0.25, 0.3) is 11.3 Å². The third-order valence-electron chi connectivity index (χ3n) is 4.58. The molecule has 0 saturated carbocycles. The lowest BCUT2D eigenvalue weighted by molar-refractivity contribution is -0.124. The molecule has 0 aliphatic carbocycles. The maximum atomic E-state index is 13.1. The number of benzene rings is 2. The number of methoxy groups -OCH3 is 1. The van der Waals surface area contributed by atoms with Gasteiger partial charge in [-0.15, -0.1) is 0 Å². The molecule has 150 valence electrons. The molecule has 1 aromatic heterocycles. The van der Waals surface area contributed by atoms with Crippen molar-refractivity contribution >= 4 is 5.91 Å². The normalized spacial score (nSPS) is 11.7. The van der Waals surface area contributed by atoms with E-state index in [-0.39, 0.29) is 17.3 Å². The van der Waals surface area contributed by atoms with Gasteiger partial charge in [-0.1, -0.05) is 12.1 Å². The molecule has 0 aliphatic rings. The number of ether oxygens (including phenoxy) is 1. The number of halogens is 1. The number of nitrogens with zero attached hydrogens (tertiary/aromatic N) is 2. The van der Waals surface area contributed by atoms with Crippen LogP contribution < -0.4 is 15.6 Å². The molecule has 0 aliphatic heterocycles. The highest BCUT2D eigenvalue weighted by Crippen LogP contribution is 2.16. The monoisotopic (exact) mass is 395 g/mol. The van der Waals surface area contributed by atoms with Crippen LogP contribution in [0, 0.1) is 5.82 Å². The third kappa shape index (κ3) is 5.07. The molecule has 7 heteroatoms. The number of aromatic nitrogens is 2. The standard InChI is InChI=1S/C22H22FN3O3/c1-15(22(28)24-14-13-16-3-9-19(29-2)10-4-16)26-21(27)12-11-20(25-26)17-5-7-18(23)8-6-17/h3-12,15H,13-14H2,1-2H3,(H,24,28). The lowest BCUT2D eigenvalue weighted by Gasteiger charge is -2.15. The molecule has 0 bridgehead atoms. The second-order valence-electron chi connectivity index (χ2n) is 6.57. The van der Waals surface area contributed by atoms with Crippen molar-refractivity contribution < 1.29 is 13.9 Å². The lowest BCUT2D eigenvalue weighted by atomic mass is 10.1. The Bertz CT molecular complexity index is 1030. The zero-order valence-electron chi connectivity index (χ0n) is 16.3. The quantitative estimate of drug-likeness (QED) is 0.668. The van der Waals surface area contributed by atoms with E-state index < -0.39 is 6.04 Å². The second kappa shape index (κ2) is 9.14. The largest absolute Gasteiger partial charge is 0.497 e. The number of hydrogen-bond donors (Lipinski definition) is 1. The van der Waals surface area contributed by atoms with Gasteiger partial charge in [-0.05, 0) is 61.4 Å². The molecule has 0 spiro atoms. The molecule has 1 unspecified atom stereocenters. The molecular formula is C22H22FN3O3. The molecule has 6 nitrogen and oxygen atoms in total. The summed E-state index contributed by atoms with van der Waals surface area (Å²) < 4.78 is 19.4. The van der Waals surface area contributed by atoms with Gasteiger partial charge < -0.3 is 10.1 Å². The molecule has 1 amide bonds. The van der Waals surface area contributed by atoms with Crippen LogP contribution in [0.2, 0.25) is 0 Å². The zero-order valence-corrected chi connectivity index (χ0v) is 16.3. The molecule has 1 N–H and O–H groups in total. The van der Waals surface area contributed by atoms with Crippen LogP contribution in [-0.2, 0) is 11.2 Å². The number of hydrogen-bond acceptors (Lipinski definition) is 4.